The van der Waals surface area contributed by atoms with E-state index in [-0.39, 0.29) is 19.2 Å². The number of para-hydroxylation sites is 4. The number of carbonyl (C=O) groups excluding carboxylic acids is 1. The summed E-state index contributed by atoms with van der Waals surface area (Å²) in [5, 5.41) is 8.35. The largest absolute Gasteiger partial charge is 0.491 e. The lowest BCUT2D eigenvalue weighted by atomic mass is 9.89. The Morgan fingerprint density at radius 3 is 1.47 bits per heavy atom. The maximum atomic E-state index is 11.6. The molecule has 58 heavy (non-hydrogen) atoms. The standard InChI is InChI=1S/C51H38O7/c1-31(52)54-27-28-56-47-24-20-33-30-35(39-12-8-14-43-41-10-4-6-16-45(41)58-51(39)43)18-22-37(33)49(47)48-36-21-17-34(29-32(36)19-23-46(48)55-26-25-53-2)38-11-7-13-42-40-9-3-5-15-44(40)57-50(38)42/h3-24,29-30H,25-28H2,1-2H3. The van der Waals surface area contributed by atoms with Crippen LogP contribution in [0.4, 0.5) is 0 Å². The minimum atomic E-state index is -0.355. The summed E-state index contributed by atoms with van der Waals surface area (Å²) in [6, 6.07) is 50.1. The number of fused-ring (bicyclic) bond motifs is 8. The molecule has 284 valence electrons. The van der Waals surface area contributed by atoms with Gasteiger partial charge in [0, 0.05) is 57.8 Å². The molecule has 0 aliphatic carbocycles. The molecule has 0 amide bonds. The maximum absolute atomic E-state index is 11.6. The highest BCUT2D eigenvalue weighted by molar-refractivity contribution is 6.14. The van der Waals surface area contributed by atoms with Crippen molar-refractivity contribution in [2.24, 2.45) is 0 Å². The van der Waals surface area contributed by atoms with Gasteiger partial charge in [0.2, 0.25) is 0 Å². The zero-order valence-corrected chi connectivity index (χ0v) is 32.0. The first-order chi connectivity index (χ1) is 28.6. The van der Waals surface area contributed by atoms with Crippen LogP contribution in [0.2, 0.25) is 0 Å². The first-order valence-electron chi connectivity index (χ1n) is 19.4. The minimum absolute atomic E-state index is 0.122. The van der Waals surface area contributed by atoms with Crippen LogP contribution in [0, 0.1) is 0 Å². The third-order valence-electron chi connectivity index (χ3n) is 10.8. The van der Waals surface area contributed by atoms with Gasteiger partial charge in [0.25, 0.3) is 0 Å². The highest BCUT2D eigenvalue weighted by Gasteiger charge is 2.22. The molecular weight excluding hydrogens is 725 g/mol. The number of benzene rings is 8. The number of ether oxygens (including phenoxy) is 4. The lowest BCUT2D eigenvalue weighted by Gasteiger charge is -2.20. The topological polar surface area (TPSA) is 80.3 Å². The molecule has 0 spiro atoms. The Labute approximate surface area is 333 Å². The third-order valence-corrected chi connectivity index (χ3v) is 10.8. The van der Waals surface area contributed by atoms with Crippen molar-refractivity contribution in [3.05, 3.63) is 146 Å². The molecule has 10 aromatic rings. The molecule has 0 aliphatic heterocycles. The van der Waals surface area contributed by atoms with Crippen LogP contribution in [0.3, 0.4) is 0 Å². The number of furan rings is 2. The van der Waals surface area contributed by atoms with Crippen molar-refractivity contribution in [3.63, 3.8) is 0 Å². The molecule has 0 unspecified atom stereocenters. The molecule has 10 rings (SSSR count). The van der Waals surface area contributed by atoms with E-state index in [1.165, 1.54) is 6.92 Å². The molecule has 0 aliphatic rings. The lowest BCUT2D eigenvalue weighted by Crippen LogP contribution is -2.10. The average Bonchev–Trinajstić information content (AvgIpc) is 3.83. The van der Waals surface area contributed by atoms with Gasteiger partial charge in [0.1, 0.15) is 53.7 Å². The summed E-state index contributed by atoms with van der Waals surface area (Å²) in [7, 11) is 1.66. The maximum Gasteiger partial charge on any atom is 0.302 e. The monoisotopic (exact) mass is 762 g/mol. The predicted molar refractivity (Wildman–Crippen MR) is 232 cm³/mol. The van der Waals surface area contributed by atoms with Crippen LogP contribution in [0.5, 0.6) is 11.5 Å². The van der Waals surface area contributed by atoms with Gasteiger partial charge < -0.3 is 27.8 Å². The summed E-state index contributed by atoms with van der Waals surface area (Å²) in [6.07, 6.45) is 0. The predicted octanol–water partition coefficient (Wildman–Crippen LogP) is 12.8. The summed E-state index contributed by atoms with van der Waals surface area (Å²) in [6.45, 7) is 2.49. The molecule has 0 radical (unpaired) electrons. The molecule has 0 atom stereocenters. The Bertz CT molecular complexity index is 3190. The molecule has 2 heterocycles. The first-order valence-corrected chi connectivity index (χ1v) is 19.4. The van der Waals surface area contributed by atoms with Gasteiger partial charge in [-0.2, -0.15) is 0 Å². The number of rotatable bonds is 11. The van der Waals surface area contributed by atoms with E-state index in [1.54, 1.807) is 7.11 Å². The van der Waals surface area contributed by atoms with Crippen molar-refractivity contribution >= 4 is 71.4 Å². The molecule has 0 N–H and O–H groups in total. The van der Waals surface area contributed by atoms with Crippen molar-refractivity contribution in [3.8, 4) is 44.9 Å². The summed E-state index contributed by atoms with van der Waals surface area (Å²) < 4.78 is 36.5. The molecule has 8 aromatic carbocycles. The molecule has 7 nitrogen and oxygen atoms in total. The van der Waals surface area contributed by atoms with Gasteiger partial charge in [-0.1, -0.05) is 109 Å². The van der Waals surface area contributed by atoms with Crippen LogP contribution >= 0.6 is 0 Å². The van der Waals surface area contributed by atoms with Crippen LogP contribution in [0.25, 0.3) is 98.8 Å². The first kappa shape index (κ1) is 35.3. The second-order valence-corrected chi connectivity index (χ2v) is 14.3. The van der Waals surface area contributed by atoms with Crippen molar-refractivity contribution in [1.29, 1.82) is 0 Å². The van der Waals surface area contributed by atoms with Crippen molar-refractivity contribution < 1.29 is 32.6 Å². The van der Waals surface area contributed by atoms with Crippen LogP contribution in [0.1, 0.15) is 6.92 Å². The SMILES string of the molecule is COCCOc1ccc2cc(-c3cccc4c3oc3ccccc34)ccc2c1-c1c(OCCOC(C)=O)ccc2cc(-c3cccc4c3oc3ccccc34)ccc12. The van der Waals surface area contributed by atoms with E-state index in [0.717, 1.165) is 98.8 Å². The van der Waals surface area contributed by atoms with Crippen LogP contribution in [-0.4, -0.2) is 39.5 Å². The molecule has 0 saturated heterocycles. The van der Waals surface area contributed by atoms with E-state index in [0.29, 0.717) is 24.7 Å². The quantitative estimate of drug-likeness (QED) is 0.0958. The van der Waals surface area contributed by atoms with Gasteiger partial charge in [-0.3, -0.25) is 4.79 Å². The summed E-state index contributed by atoms with van der Waals surface area (Å²) in [5.74, 6) is 0.989. The van der Waals surface area contributed by atoms with Crippen molar-refractivity contribution in [2.75, 3.05) is 33.5 Å². The number of hydrogen-bond donors (Lipinski definition) is 0. The van der Waals surface area contributed by atoms with E-state index in [9.17, 15) is 4.79 Å². The lowest BCUT2D eigenvalue weighted by molar-refractivity contribution is -0.141. The van der Waals surface area contributed by atoms with Gasteiger partial charge in [0.15, 0.2) is 0 Å². The zero-order valence-electron chi connectivity index (χ0n) is 32.0. The minimum Gasteiger partial charge on any atom is -0.491 e. The van der Waals surface area contributed by atoms with Crippen LogP contribution in [-0.2, 0) is 14.3 Å². The Balaban J connectivity index is 1.16. The molecular formula is C51H38O7. The van der Waals surface area contributed by atoms with Gasteiger partial charge >= 0.3 is 5.97 Å². The van der Waals surface area contributed by atoms with Gasteiger partial charge in [-0.25, -0.2) is 0 Å². The van der Waals surface area contributed by atoms with E-state index >= 15 is 0 Å². The fourth-order valence-electron chi connectivity index (χ4n) is 8.23. The number of methoxy groups -OCH3 is 1. The third kappa shape index (κ3) is 6.17. The Morgan fingerprint density at radius 2 is 0.966 bits per heavy atom. The van der Waals surface area contributed by atoms with Gasteiger partial charge in [-0.15, -0.1) is 0 Å². The highest BCUT2D eigenvalue weighted by atomic mass is 16.6. The van der Waals surface area contributed by atoms with E-state index in [1.807, 2.05) is 48.5 Å². The molecule has 0 bridgehead atoms. The second kappa shape index (κ2) is 14.8. The number of esters is 1. The highest BCUT2D eigenvalue weighted by Crippen LogP contribution is 2.48. The Hall–Kier alpha value is -7.09. The van der Waals surface area contributed by atoms with E-state index in [4.69, 9.17) is 27.8 Å². The fourth-order valence-corrected chi connectivity index (χ4v) is 8.23. The second-order valence-electron chi connectivity index (χ2n) is 14.3. The van der Waals surface area contributed by atoms with Crippen molar-refractivity contribution in [2.45, 2.75) is 6.92 Å². The van der Waals surface area contributed by atoms with Crippen LogP contribution in [0.15, 0.2) is 154 Å². The number of carbonyl (C=O) groups is 1. The zero-order chi connectivity index (χ0) is 39.2. The van der Waals surface area contributed by atoms with Gasteiger partial charge in [0.05, 0.1) is 6.61 Å². The summed E-state index contributed by atoms with van der Waals surface area (Å²) >= 11 is 0. The number of hydrogen-bond acceptors (Lipinski definition) is 7. The van der Waals surface area contributed by atoms with E-state index in [2.05, 4.69) is 97.1 Å². The van der Waals surface area contributed by atoms with E-state index < -0.39 is 0 Å². The fraction of sp³-hybridized carbons (Fsp3) is 0.118. The van der Waals surface area contributed by atoms with Gasteiger partial charge in [-0.05, 0) is 69.1 Å². The summed E-state index contributed by atoms with van der Waals surface area (Å²) in [5.41, 5.74) is 9.30. The molecule has 7 heteroatoms. The smallest absolute Gasteiger partial charge is 0.302 e. The van der Waals surface area contributed by atoms with Crippen molar-refractivity contribution in [1.82, 2.24) is 0 Å². The molecule has 0 fully saturated rings. The normalized spacial score (nSPS) is 11.7. The Kier molecular flexibility index (Phi) is 9.00. The summed E-state index contributed by atoms with van der Waals surface area (Å²) in [4.78, 5) is 11.6. The average molecular weight is 763 g/mol. The van der Waals surface area contributed by atoms with Crippen LogP contribution < -0.4 is 9.47 Å². The molecule has 0 saturated carbocycles. The molecule has 2 aromatic heterocycles. The Morgan fingerprint density at radius 1 is 0.483 bits per heavy atom.